The number of hydrogen-bond acceptors (Lipinski definition) is 6. The van der Waals surface area contributed by atoms with Crippen molar-refractivity contribution in [3.63, 3.8) is 0 Å². The van der Waals surface area contributed by atoms with Crippen molar-refractivity contribution in [1.82, 2.24) is 10.2 Å². The maximum absolute atomic E-state index is 13.5. The van der Waals surface area contributed by atoms with Gasteiger partial charge in [-0.1, -0.05) is 15.9 Å². The molecule has 3 saturated heterocycles. The second kappa shape index (κ2) is 9.14. The molecule has 3 heterocycles. The monoisotopic (exact) mass is 490 g/mol. The van der Waals surface area contributed by atoms with E-state index in [-0.39, 0.29) is 47.1 Å². The molecule has 0 saturated carbocycles. The van der Waals surface area contributed by atoms with Crippen LogP contribution in [0, 0.1) is 11.8 Å². The van der Waals surface area contributed by atoms with Crippen LogP contribution in [0.3, 0.4) is 0 Å². The molecule has 3 rings (SSSR count). The van der Waals surface area contributed by atoms with Gasteiger partial charge in [0.25, 0.3) is 0 Å². The van der Waals surface area contributed by atoms with E-state index in [4.69, 9.17) is 9.84 Å². The summed E-state index contributed by atoms with van der Waals surface area (Å²) in [6, 6.07) is -0.625. The van der Waals surface area contributed by atoms with Gasteiger partial charge < -0.3 is 20.1 Å². The Kier molecular flexibility index (Phi) is 7.21. The van der Waals surface area contributed by atoms with Crippen molar-refractivity contribution in [2.45, 2.75) is 73.4 Å². The number of thioether (sulfide) groups is 1. The van der Waals surface area contributed by atoms with Crippen LogP contribution < -0.4 is 5.32 Å². The predicted octanol–water partition coefficient (Wildman–Crippen LogP) is 1.70. The first-order valence-corrected chi connectivity index (χ1v) is 12.3. The molecule has 7 nitrogen and oxygen atoms in total. The Morgan fingerprint density at radius 3 is 2.72 bits per heavy atom. The zero-order chi connectivity index (χ0) is 21.3. The minimum atomic E-state index is -0.608. The summed E-state index contributed by atoms with van der Waals surface area (Å²) in [5.41, 5.74) is 0. The fourth-order valence-corrected chi connectivity index (χ4v) is 8.71. The van der Waals surface area contributed by atoms with Gasteiger partial charge in [0.2, 0.25) is 11.8 Å². The van der Waals surface area contributed by atoms with E-state index in [1.807, 2.05) is 13.8 Å². The molecule has 0 aromatic rings. The van der Waals surface area contributed by atoms with Crippen LogP contribution in [0.1, 0.15) is 46.5 Å². The molecule has 164 valence electrons. The van der Waals surface area contributed by atoms with Crippen molar-refractivity contribution in [2.24, 2.45) is 11.8 Å². The van der Waals surface area contributed by atoms with Crippen LogP contribution in [0.15, 0.2) is 0 Å². The third-order valence-corrected chi connectivity index (χ3v) is 9.30. The number of unbranched alkanes of at least 4 members (excludes halogenated alkanes) is 2. The highest BCUT2D eigenvalue weighted by Gasteiger charge is 2.75. The molecule has 0 aromatic heterocycles. The number of amides is 2. The molecule has 9 heteroatoms. The van der Waals surface area contributed by atoms with Crippen molar-refractivity contribution in [3.05, 3.63) is 0 Å². The van der Waals surface area contributed by atoms with Gasteiger partial charge in [-0.3, -0.25) is 14.4 Å². The summed E-state index contributed by atoms with van der Waals surface area (Å²) in [6.07, 6.45) is 2.86. The molecule has 3 aliphatic heterocycles. The number of carbonyl (C=O) groups is 3. The second-order valence-corrected chi connectivity index (χ2v) is 11.1. The van der Waals surface area contributed by atoms with Crippen molar-refractivity contribution in [3.8, 4) is 0 Å². The number of rotatable bonds is 9. The highest BCUT2D eigenvalue weighted by Crippen LogP contribution is 2.67. The average Bonchev–Trinajstić information content (AvgIpc) is 3.22. The highest BCUT2D eigenvalue weighted by atomic mass is 79.9. The summed E-state index contributed by atoms with van der Waals surface area (Å²) in [6.45, 7) is 6.43. The number of nitrogens with zero attached hydrogens (tertiary/aromatic N) is 1. The van der Waals surface area contributed by atoms with Gasteiger partial charge in [-0.25, -0.2) is 0 Å². The van der Waals surface area contributed by atoms with Gasteiger partial charge in [0.15, 0.2) is 0 Å². The van der Waals surface area contributed by atoms with E-state index in [1.165, 1.54) is 0 Å². The van der Waals surface area contributed by atoms with Gasteiger partial charge in [0.05, 0.1) is 23.2 Å². The first-order valence-electron chi connectivity index (χ1n) is 10.5. The lowest BCUT2D eigenvalue weighted by molar-refractivity contribution is -0.153. The van der Waals surface area contributed by atoms with Gasteiger partial charge in [0.1, 0.15) is 6.04 Å². The molecular formula is C20H31BrN2O5S. The Labute approximate surface area is 184 Å². The lowest BCUT2D eigenvalue weighted by atomic mass is 9.71. The number of carbonyl (C=O) groups excluding carboxylic acids is 3. The van der Waals surface area contributed by atoms with Gasteiger partial charge in [-0.15, -0.1) is 11.8 Å². The molecule has 1 spiro atoms. The van der Waals surface area contributed by atoms with Gasteiger partial charge in [0, 0.05) is 29.3 Å². The van der Waals surface area contributed by atoms with E-state index in [0.717, 1.165) is 12.8 Å². The Hall–Kier alpha value is -0.800. The molecule has 6 atom stereocenters. The topological polar surface area (TPSA) is 95.9 Å². The lowest BCUT2D eigenvalue weighted by Gasteiger charge is -2.35. The number of ether oxygens (including phenoxy) is 1. The number of halogens is 1. The number of nitrogens with one attached hydrogen (secondary N) is 1. The van der Waals surface area contributed by atoms with Crippen LogP contribution in [-0.4, -0.2) is 74.5 Å². The number of esters is 1. The molecule has 0 aliphatic carbocycles. The van der Waals surface area contributed by atoms with E-state index in [9.17, 15) is 14.4 Å². The molecule has 2 amide bonds. The average molecular weight is 491 g/mol. The molecule has 0 aromatic carbocycles. The van der Waals surface area contributed by atoms with Crippen LogP contribution in [-0.2, 0) is 19.1 Å². The molecule has 2 bridgehead atoms. The van der Waals surface area contributed by atoms with Crippen molar-refractivity contribution >= 4 is 45.5 Å². The summed E-state index contributed by atoms with van der Waals surface area (Å²) in [5.74, 6) is -1.63. The molecular weight excluding hydrogens is 460 g/mol. The van der Waals surface area contributed by atoms with E-state index < -0.39 is 22.6 Å². The lowest BCUT2D eigenvalue weighted by Crippen LogP contribution is -2.55. The smallest absolute Gasteiger partial charge is 0.310 e. The Balaban J connectivity index is 1.94. The quantitative estimate of drug-likeness (QED) is 0.290. The maximum atomic E-state index is 13.5. The number of aliphatic hydroxyl groups excluding tert-OH is 1. The third-order valence-electron chi connectivity index (χ3n) is 6.08. The molecule has 29 heavy (non-hydrogen) atoms. The SMILES string of the molecule is CCOC(=O)[C@H]1[C@H]2C(=O)N(CCCCCO)C(C(=O)NC(C)C)C23CC(Br)[C@@H]1S3. The fraction of sp³-hybridized carbons (Fsp3) is 0.850. The molecule has 2 N–H and O–H groups in total. The maximum Gasteiger partial charge on any atom is 0.310 e. The zero-order valence-corrected chi connectivity index (χ0v) is 19.6. The molecule has 0 radical (unpaired) electrons. The summed E-state index contributed by atoms with van der Waals surface area (Å²) in [4.78, 5) is 41.3. The van der Waals surface area contributed by atoms with Crippen molar-refractivity contribution in [1.29, 1.82) is 0 Å². The molecule has 3 unspecified atom stereocenters. The first kappa shape index (κ1) is 22.9. The Bertz CT molecular complexity index is 663. The summed E-state index contributed by atoms with van der Waals surface area (Å²) < 4.78 is 4.71. The zero-order valence-electron chi connectivity index (χ0n) is 17.2. The van der Waals surface area contributed by atoms with Crippen LogP contribution in [0.5, 0.6) is 0 Å². The summed E-state index contributed by atoms with van der Waals surface area (Å²) >= 11 is 5.33. The van der Waals surface area contributed by atoms with Crippen molar-refractivity contribution < 1.29 is 24.2 Å². The second-order valence-electron chi connectivity index (χ2n) is 8.39. The third kappa shape index (κ3) is 3.94. The fourth-order valence-electron chi connectivity index (χ4n) is 5.11. The van der Waals surface area contributed by atoms with Gasteiger partial charge in [-0.2, -0.15) is 0 Å². The minimum Gasteiger partial charge on any atom is -0.466 e. The molecule has 3 aliphatic rings. The van der Waals surface area contributed by atoms with Crippen LogP contribution >= 0.6 is 27.7 Å². The summed E-state index contributed by atoms with van der Waals surface area (Å²) in [5, 5.41) is 12.0. The highest BCUT2D eigenvalue weighted by molar-refractivity contribution is 9.09. The number of fused-ring (bicyclic) bond motifs is 1. The number of likely N-dealkylation sites (tertiary alicyclic amines) is 1. The van der Waals surface area contributed by atoms with Gasteiger partial charge in [-0.05, 0) is 46.5 Å². The summed E-state index contributed by atoms with van der Waals surface area (Å²) in [7, 11) is 0. The van der Waals surface area contributed by atoms with E-state index in [0.29, 0.717) is 19.4 Å². The van der Waals surface area contributed by atoms with E-state index in [2.05, 4.69) is 21.2 Å². The van der Waals surface area contributed by atoms with E-state index in [1.54, 1.807) is 23.6 Å². The minimum absolute atomic E-state index is 0.0338. The predicted molar refractivity (Wildman–Crippen MR) is 115 cm³/mol. The largest absolute Gasteiger partial charge is 0.466 e. The standard InChI is InChI=1S/C20H31BrN2O5S/c1-4-28-19(27)13-14-18(26)23(8-6-5-7-9-24)16(17(25)22-11(2)3)20(14)10-12(21)15(13)29-20/h11-16,24H,4-10H2,1-3H3,(H,22,25)/t12?,13-,14-,15-,16?,20?/m0/s1. The number of aliphatic hydroxyl groups is 1. The van der Waals surface area contributed by atoms with Crippen LogP contribution in [0.4, 0.5) is 0 Å². The van der Waals surface area contributed by atoms with Gasteiger partial charge >= 0.3 is 5.97 Å². The number of alkyl halides is 1. The van der Waals surface area contributed by atoms with Crippen LogP contribution in [0.2, 0.25) is 0 Å². The number of hydrogen-bond donors (Lipinski definition) is 2. The Morgan fingerprint density at radius 2 is 2.10 bits per heavy atom. The Morgan fingerprint density at radius 1 is 1.38 bits per heavy atom. The van der Waals surface area contributed by atoms with E-state index >= 15 is 0 Å². The van der Waals surface area contributed by atoms with Crippen LogP contribution in [0.25, 0.3) is 0 Å². The van der Waals surface area contributed by atoms with Crippen molar-refractivity contribution in [2.75, 3.05) is 19.8 Å². The molecule has 3 fully saturated rings. The normalized spacial score (nSPS) is 35.3. The first-order chi connectivity index (χ1) is 13.8.